The third-order valence-corrected chi connectivity index (χ3v) is 9.62. The number of aromatic nitrogens is 3. The number of benzene rings is 7. The van der Waals surface area contributed by atoms with Gasteiger partial charge in [0.1, 0.15) is 11.2 Å². The highest BCUT2D eigenvalue weighted by atomic mass is 16.3. The van der Waals surface area contributed by atoms with Crippen molar-refractivity contribution in [2.75, 3.05) is 0 Å². The zero-order chi connectivity index (χ0) is 33.0. The van der Waals surface area contributed by atoms with Crippen LogP contribution < -0.4 is 0 Å². The first-order valence-corrected chi connectivity index (χ1v) is 16.8. The zero-order valence-electron chi connectivity index (χ0n) is 27.0. The lowest BCUT2D eigenvalue weighted by Gasteiger charge is -2.11. The highest BCUT2D eigenvalue weighted by molar-refractivity contribution is 6.16. The summed E-state index contributed by atoms with van der Waals surface area (Å²) in [5, 5.41) is 4.46. The Morgan fingerprint density at radius 3 is 1.68 bits per heavy atom. The smallest absolute Gasteiger partial charge is 0.161 e. The molecule has 0 bridgehead atoms. The van der Waals surface area contributed by atoms with Gasteiger partial charge in [0.15, 0.2) is 5.82 Å². The first-order chi connectivity index (χ1) is 24.8. The summed E-state index contributed by atoms with van der Waals surface area (Å²) in [5.41, 5.74) is 12.3. The Hall–Kier alpha value is -6.78. The van der Waals surface area contributed by atoms with Gasteiger partial charge in [0, 0.05) is 43.9 Å². The van der Waals surface area contributed by atoms with Crippen LogP contribution in [0, 0.1) is 0 Å². The molecule has 4 heteroatoms. The molecule has 10 aromatic rings. The Balaban J connectivity index is 1.20. The molecule has 0 aliphatic rings. The van der Waals surface area contributed by atoms with Crippen LogP contribution >= 0.6 is 0 Å². The maximum Gasteiger partial charge on any atom is 0.161 e. The van der Waals surface area contributed by atoms with E-state index in [1.165, 1.54) is 11.1 Å². The molecule has 3 aromatic heterocycles. The summed E-state index contributed by atoms with van der Waals surface area (Å²) >= 11 is 0. The van der Waals surface area contributed by atoms with Crippen molar-refractivity contribution in [1.29, 1.82) is 0 Å². The van der Waals surface area contributed by atoms with Gasteiger partial charge >= 0.3 is 0 Å². The van der Waals surface area contributed by atoms with Gasteiger partial charge in [-0.1, -0.05) is 127 Å². The van der Waals surface area contributed by atoms with Crippen LogP contribution in [0.15, 0.2) is 180 Å². The fourth-order valence-electron chi connectivity index (χ4n) is 7.28. The van der Waals surface area contributed by atoms with Crippen molar-refractivity contribution in [2.45, 2.75) is 0 Å². The van der Waals surface area contributed by atoms with E-state index in [0.29, 0.717) is 5.82 Å². The molecule has 0 N–H and O–H groups in total. The molecule has 0 atom stereocenters. The second kappa shape index (κ2) is 11.4. The van der Waals surface area contributed by atoms with E-state index in [0.717, 1.165) is 77.5 Å². The Labute approximate surface area is 288 Å². The maximum absolute atomic E-state index is 6.34. The first kappa shape index (κ1) is 28.3. The molecular formula is C46H29N3O. The lowest BCUT2D eigenvalue weighted by molar-refractivity contribution is 0.669. The van der Waals surface area contributed by atoms with Crippen LogP contribution in [0.4, 0.5) is 0 Å². The lowest BCUT2D eigenvalue weighted by Crippen LogP contribution is -1.97. The number of fused-ring (bicyclic) bond motifs is 6. The third kappa shape index (κ3) is 4.61. The summed E-state index contributed by atoms with van der Waals surface area (Å²) in [6, 6.07) is 61.3. The van der Waals surface area contributed by atoms with Crippen LogP contribution in [0.2, 0.25) is 0 Å². The van der Waals surface area contributed by atoms with E-state index in [2.05, 4.69) is 162 Å². The van der Waals surface area contributed by atoms with Gasteiger partial charge in [-0.15, -0.1) is 0 Å². The summed E-state index contributed by atoms with van der Waals surface area (Å²) in [6.07, 6.45) is 0. The van der Waals surface area contributed by atoms with Gasteiger partial charge in [-0.2, -0.15) is 0 Å². The van der Waals surface area contributed by atoms with E-state index in [9.17, 15) is 0 Å². The van der Waals surface area contributed by atoms with Crippen LogP contribution in [-0.2, 0) is 0 Å². The maximum atomic E-state index is 6.34. The summed E-state index contributed by atoms with van der Waals surface area (Å²) in [7, 11) is 0. The van der Waals surface area contributed by atoms with Crippen molar-refractivity contribution in [3.05, 3.63) is 176 Å². The molecule has 7 aromatic carbocycles. The van der Waals surface area contributed by atoms with Gasteiger partial charge in [0.25, 0.3) is 0 Å². The minimum Gasteiger partial charge on any atom is -0.456 e. The summed E-state index contributed by atoms with van der Waals surface area (Å²) in [5.74, 6) is 0.698. The Morgan fingerprint density at radius 2 is 0.980 bits per heavy atom. The van der Waals surface area contributed by atoms with E-state index in [1.54, 1.807) is 0 Å². The van der Waals surface area contributed by atoms with E-state index in [-0.39, 0.29) is 0 Å². The predicted molar refractivity (Wildman–Crippen MR) is 205 cm³/mol. The molecule has 3 heterocycles. The molecule has 0 aliphatic carbocycles. The normalized spacial score (nSPS) is 11.6. The fourth-order valence-corrected chi connectivity index (χ4v) is 7.28. The van der Waals surface area contributed by atoms with Crippen LogP contribution in [0.3, 0.4) is 0 Å². The van der Waals surface area contributed by atoms with Gasteiger partial charge in [0.2, 0.25) is 0 Å². The van der Waals surface area contributed by atoms with Crippen molar-refractivity contribution in [1.82, 2.24) is 14.5 Å². The standard InChI is InChI=1S/C46H29N3O/c1-4-13-30(14-5-1)33-23-25-43-37(27-33)38-28-34(24-26-44(38)50-43)49-41-21-11-10-19-35(41)45-36(20-12-22-42(45)49)46-47-39(31-15-6-2-7-16-31)29-40(48-46)32-17-8-3-9-18-32/h1-29H. The minimum atomic E-state index is 0.698. The second-order valence-electron chi connectivity index (χ2n) is 12.6. The topological polar surface area (TPSA) is 43.9 Å². The van der Waals surface area contributed by atoms with E-state index >= 15 is 0 Å². The molecule has 0 fully saturated rings. The van der Waals surface area contributed by atoms with Crippen molar-refractivity contribution >= 4 is 43.7 Å². The van der Waals surface area contributed by atoms with Gasteiger partial charge in [-0.25, -0.2) is 9.97 Å². The van der Waals surface area contributed by atoms with Gasteiger partial charge in [-0.3, -0.25) is 0 Å². The summed E-state index contributed by atoms with van der Waals surface area (Å²) in [4.78, 5) is 10.4. The molecule has 4 nitrogen and oxygen atoms in total. The van der Waals surface area contributed by atoms with Crippen LogP contribution in [0.25, 0.3) is 94.5 Å². The number of hydrogen-bond donors (Lipinski definition) is 0. The number of rotatable bonds is 5. The molecule has 10 rings (SSSR count). The highest BCUT2D eigenvalue weighted by Gasteiger charge is 2.20. The molecule has 0 unspecified atom stereocenters. The number of nitrogens with zero attached hydrogens (tertiary/aromatic N) is 3. The summed E-state index contributed by atoms with van der Waals surface area (Å²) in [6.45, 7) is 0. The lowest BCUT2D eigenvalue weighted by atomic mass is 10.0. The molecule has 0 amide bonds. The molecular weight excluding hydrogens is 611 g/mol. The SMILES string of the molecule is c1ccc(-c2ccc3oc4ccc(-n5c6ccccc6c6c(-c7nc(-c8ccccc8)cc(-c8ccccc8)n7)cccc65)cc4c3c2)cc1. The monoisotopic (exact) mass is 639 g/mol. The third-order valence-electron chi connectivity index (χ3n) is 9.62. The van der Waals surface area contributed by atoms with Gasteiger partial charge in [0.05, 0.1) is 22.4 Å². The molecule has 234 valence electrons. The number of hydrogen-bond acceptors (Lipinski definition) is 3. The second-order valence-corrected chi connectivity index (χ2v) is 12.6. The van der Waals surface area contributed by atoms with Gasteiger partial charge < -0.3 is 8.98 Å². The van der Waals surface area contributed by atoms with Gasteiger partial charge in [-0.05, 0) is 59.7 Å². The number of furan rings is 1. The first-order valence-electron chi connectivity index (χ1n) is 16.8. The average molecular weight is 640 g/mol. The molecule has 50 heavy (non-hydrogen) atoms. The molecule has 0 spiro atoms. The predicted octanol–water partition coefficient (Wildman–Crippen LogP) is 12.1. The fraction of sp³-hybridized carbons (Fsp3) is 0. The van der Waals surface area contributed by atoms with Crippen LogP contribution in [0.1, 0.15) is 0 Å². The van der Waals surface area contributed by atoms with Crippen molar-refractivity contribution in [2.24, 2.45) is 0 Å². The van der Waals surface area contributed by atoms with Crippen molar-refractivity contribution in [3.63, 3.8) is 0 Å². The van der Waals surface area contributed by atoms with E-state index < -0.39 is 0 Å². The number of para-hydroxylation sites is 1. The van der Waals surface area contributed by atoms with Crippen LogP contribution in [-0.4, -0.2) is 14.5 Å². The van der Waals surface area contributed by atoms with E-state index in [4.69, 9.17) is 14.4 Å². The largest absolute Gasteiger partial charge is 0.456 e. The molecule has 0 radical (unpaired) electrons. The Bertz CT molecular complexity index is 2800. The Morgan fingerprint density at radius 1 is 0.400 bits per heavy atom. The summed E-state index contributed by atoms with van der Waals surface area (Å²) < 4.78 is 8.69. The van der Waals surface area contributed by atoms with Crippen molar-refractivity contribution < 1.29 is 4.42 Å². The molecule has 0 saturated heterocycles. The van der Waals surface area contributed by atoms with Crippen molar-refractivity contribution in [3.8, 4) is 50.7 Å². The van der Waals surface area contributed by atoms with Crippen LogP contribution in [0.5, 0.6) is 0 Å². The quantitative estimate of drug-likeness (QED) is 0.188. The zero-order valence-corrected chi connectivity index (χ0v) is 27.0. The Kier molecular flexibility index (Phi) is 6.46. The van der Waals surface area contributed by atoms with E-state index in [1.807, 2.05) is 18.2 Å². The molecule has 0 saturated carbocycles. The highest BCUT2D eigenvalue weighted by Crippen LogP contribution is 2.40. The molecule has 0 aliphatic heterocycles. The minimum absolute atomic E-state index is 0.698. The average Bonchev–Trinajstić information content (AvgIpc) is 3.74.